The van der Waals surface area contributed by atoms with Crippen LogP contribution in [0.3, 0.4) is 0 Å². The highest BCUT2D eigenvalue weighted by molar-refractivity contribution is 5.81. The van der Waals surface area contributed by atoms with E-state index >= 15 is 0 Å². The first-order valence-corrected chi connectivity index (χ1v) is 3.27. The number of hydrogen-bond acceptors (Lipinski definition) is 3. The summed E-state index contributed by atoms with van der Waals surface area (Å²) in [4.78, 5) is 10.6. The fourth-order valence-electron chi connectivity index (χ4n) is 0.421. The van der Waals surface area contributed by atoms with E-state index < -0.39 is 0 Å². The predicted molar refractivity (Wildman–Crippen MR) is 39.4 cm³/mol. The summed E-state index contributed by atoms with van der Waals surface area (Å²) < 4.78 is 4.61. The van der Waals surface area contributed by atoms with E-state index in [2.05, 4.69) is 4.74 Å². The molecular formula is C7H13NO2. The van der Waals surface area contributed by atoms with Crippen LogP contribution in [0.2, 0.25) is 0 Å². The Morgan fingerprint density at radius 3 is 2.80 bits per heavy atom. The minimum absolute atomic E-state index is 0.0931. The van der Waals surface area contributed by atoms with Crippen molar-refractivity contribution in [3.8, 4) is 0 Å². The lowest BCUT2D eigenvalue weighted by molar-refractivity contribution is -0.137. The van der Waals surface area contributed by atoms with Crippen molar-refractivity contribution in [3.05, 3.63) is 12.2 Å². The Bertz CT molecular complexity index is 130. The first kappa shape index (κ1) is 9.17. The Kier molecular flexibility index (Phi) is 4.58. The lowest BCUT2D eigenvalue weighted by Gasteiger charge is -1.95. The number of rotatable bonds is 3. The van der Waals surface area contributed by atoms with Crippen molar-refractivity contribution < 1.29 is 9.53 Å². The molecule has 10 heavy (non-hydrogen) atoms. The molecule has 0 spiro atoms. The second kappa shape index (κ2) is 4.99. The van der Waals surface area contributed by atoms with Gasteiger partial charge in [-0.1, -0.05) is 6.08 Å². The largest absolute Gasteiger partial charge is 0.463 e. The fourth-order valence-corrected chi connectivity index (χ4v) is 0.421. The molecule has 0 saturated carbocycles. The van der Waals surface area contributed by atoms with Crippen LogP contribution in [0.25, 0.3) is 0 Å². The third-order valence-electron chi connectivity index (χ3n) is 0.822. The molecule has 0 rings (SSSR count). The van der Waals surface area contributed by atoms with Crippen LogP contribution in [0.15, 0.2) is 12.2 Å². The number of carbonyl (C=O) groups is 1. The van der Waals surface area contributed by atoms with Gasteiger partial charge < -0.3 is 10.5 Å². The molecule has 0 bridgehead atoms. The van der Waals surface area contributed by atoms with Crippen LogP contribution in [0.1, 0.15) is 13.8 Å². The minimum atomic E-state index is -0.334. The molecule has 0 aliphatic rings. The zero-order valence-corrected chi connectivity index (χ0v) is 6.33. The van der Waals surface area contributed by atoms with Gasteiger partial charge >= 0.3 is 5.97 Å². The van der Waals surface area contributed by atoms with Gasteiger partial charge in [-0.25, -0.2) is 4.79 Å². The van der Waals surface area contributed by atoms with Crippen molar-refractivity contribution in [1.29, 1.82) is 0 Å². The third-order valence-corrected chi connectivity index (χ3v) is 0.822. The van der Waals surface area contributed by atoms with Crippen molar-refractivity contribution in [3.63, 3.8) is 0 Å². The van der Waals surface area contributed by atoms with Crippen LogP contribution in [0.4, 0.5) is 0 Å². The monoisotopic (exact) mass is 143 g/mol. The highest BCUT2D eigenvalue weighted by Gasteiger charge is 1.92. The summed E-state index contributed by atoms with van der Waals surface area (Å²) in [6.07, 6.45) is 2.94. The zero-order chi connectivity index (χ0) is 7.98. The van der Waals surface area contributed by atoms with E-state index in [0.717, 1.165) is 0 Å². The molecule has 2 N–H and O–H groups in total. The Hall–Kier alpha value is -0.830. The summed E-state index contributed by atoms with van der Waals surface area (Å²) in [5, 5.41) is 0. The van der Waals surface area contributed by atoms with E-state index in [1.165, 1.54) is 6.08 Å². The Labute approximate surface area is 60.9 Å². The molecule has 0 unspecified atom stereocenters. The summed E-state index contributed by atoms with van der Waals surface area (Å²) in [6, 6.07) is -0.0931. The summed E-state index contributed by atoms with van der Waals surface area (Å²) >= 11 is 0. The van der Waals surface area contributed by atoms with Crippen molar-refractivity contribution in [1.82, 2.24) is 0 Å². The van der Waals surface area contributed by atoms with Gasteiger partial charge in [-0.3, -0.25) is 0 Å². The number of carbonyl (C=O) groups excluding carboxylic acids is 1. The molecule has 0 fully saturated rings. The molecule has 0 saturated heterocycles. The number of hydrogen-bond donors (Lipinski definition) is 1. The van der Waals surface area contributed by atoms with E-state index in [-0.39, 0.29) is 12.0 Å². The standard InChI is InChI=1S/C7H13NO2/c1-3-10-7(9)5-4-6(2)8/h4-6H,3,8H2,1-2H3/b5-4+/t6-/m0/s1. The molecule has 1 atom stereocenters. The maximum absolute atomic E-state index is 10.6. The summed E-state index contributed by atoms with van der Waals surface area (Å²) in [7, 11) is 0. The molecular weight excluding hydrogens is 130 g/mol. The SMILES string of the molecule is CCOC(=O)/C=C/[C@H](C)N. The molecule has 0 aliphatic carbocycles. The smallest absolute Gasteiger partial charge is 0.330 e. The van der Waals surface area contributed by atoms with Gasteiger partial charge in [-0.05, 0) is 13.8 Å². The van der Waals surface area contributed by atoms with Crippen LogP contribution in [0.5, 0.6) is 0 Å². The molecule has 0 aromatic carbocycles. The normalized spacial score (nSPS) is 13.5. The first-order chi connectivity index (χ1) is 4.66. The Balaban J connectivity index is 3.56. The van der Waals surface area contributed by atoms with E-state index in [9.17, 15) is 4.79 Å². The van der Waals surface area contributed by atoms with Crippen LogP contribution in [-0.2, 0) is 9.53 Å². The molecule has 0 aromatic heterocycles. The minimum Gasteiger partial charge on any atom is -0.463 e. The highest BCUT2D eigenvalue weighted by Crippen LogP contribution is 1.83. The van der Waals surface area contributed by atoms with Gasteiger partial charge in [0.1, 0.15) is 0 Å². The fraction of sp³-hybridized carbons (Fsp3) is 0.571. The van der Waals surface area contributed by atoms with Gasteiger partial charge in [0.2, 0.25) is 0 Å². The quantitative estimate of drug-likeness (QED) is 0.461. The molecule has 0 heterocycles. The summed E-state index contributed by atoms with van der Waals surface area (Å²) in [6.45, 7) is 3.95. The van der Waals surface area contributed by atoms with E-state index in [1.807, 2.05) is 0 Å². The molecule has 58 valence electrons. The summed E-state index contributed by atoms with van der Waals surface area (Å²) in [5.41, 5.74) is 5.34. The second-order valence-electron chi connectivity index (χ2n) is 1.97. The van der Waals surface area contributed by atoms with Crippen molar-refractivity contribution in [2.24, 2.45) is 5.73 Å². The predicted octanol–water partition coefficient (Wildman–Crippen LogP) is 0.453. The number of ether oxygens (including phenoxy) is 1. The number of esters is 1. The Morgan fingerprint density at radius 1 is 1.80 bits per heavy atom. The van der Waals surface area contributed by atoms with Crippen LogP contribution in [-0.4, -0.2) is 18.6 Å². The maximum atomic E-state index is 10.6. The maximum Gasteiger partial charge on any atom is 0.330 e. The van der Waals surface area contributed by atoms with Crippen LogP contribution in [0, 0.1) is 0 Å². The van der Waals surface area contributed by atoms with Crippen molar-refractivity contribution in [2.45, 2.75) is 19.9 Å². The molecule has 0 amide bonds. The van der Waals surface area contributed by atoms with E-state index in [1.54, 1.807) is 19.9 Å². The highest BCUT2D eigenvalue weighted by atomic mass is 16.5. The molecule has 3 nitrogen and oxygen atoms in total. The van der Waals surface area contributed by atoms with Gasteiger partial charge in [0.15, 0.2) is 0 Å². The lowest BCUT2D eigenvalue weighted by atomic mass is 10.3. The molecule has 0 aliphatic heterocycles. The second-order valence-corrected chi connectivity index (χ2v) is 1.97. The van der Waals surface area contributed by atoms with Crippen molar-refractivity contribution in [2.75, 3.05) is 6.61 Å². The van der Waals surface area contributed by atoms with Crippen LogP contribution >= 0.6 is 0 Å². The van der Waals surface area contributed by atoms with Gasteiger partial charge in [-0.15, -0.1) is 0 Å². The average Bonchev–Trinajstić information content (AvgIpc) is 1.85. The van der Waals surface area contributed by atoms with E-state index in [0.29, 0.717) is 6.61 Å². The Morgan fingerprint density at radius 2 is 2.40 bits per heavy atom. The van der Waals surface area contributed by atoms with Crippen molar-refractivity contribution >= 4 is 5.97 Å². The van der Waals surface area contributed by atoms with Gasteiger partial charge in [0, 0.05) is 12.1 Å². The van der Waals surface area contributed by atoms with Gasteiger partial charge in [-0.2, -0.15) is 0 Å². The first-order valence-electron chi connectivity index (χ1n) is 3.27. The summed E-state index contributed by atoms with van der Waals surface area (Å²) in [5.74, 6) is -0.334. The van der Waals surface area contributed by atoms with Gasteiger partial charge in [0.05, 0.1) is 6.61 Å². The average molecular weight is 143 g/mol. The molecule has 0 aromatic rings. The molecule has 3 heteroatoms. The number of nitrogens with two attached hydrogens (primary N) is 1. The molecule has 0 radical (unpaired) electrons. The third kappa shape index (κ3) is 5.31. The van der Waals surface area contributed by atoms with Crippen LogP contribution < -0.4 is 5.73 Å². The lowest BCUT2D eigenvalue weighted by Crippen LogP contribution is -2.11. The topological polar surface area (TPSA) is 52.3 Å². The zero-order valence-electron chi connectivity index (χ0n) is 6.33. The van der Waals surface area contributed by atoms with Gasteiger partial charge in [0.25, 0.3) is 0 Å². The van der Waals surface area contributed by atoms with E-state index in [4.69, 9.17) is 5.73 Å².